The van der Waals surface area contributed by atoms with Crippen LogP contribution in [0.3, 0.4) is 0 Å². The topological polar surface area (TPSA) is 35.6 Å². The summed E-state index contributed by atoms with van der Waals surface area (Å²) in [5.74, 6) is 0.341. The minimum atomic E-state index is 0.341. The molecule has 0 radical (unpaired) electrons. The lowest BCUT2D eigenvalue weighted by atomic mass is 10.0. The van der Waals surface area contributed by atoms with Crippen molar-refractivity contribution in [3.05, 3.63) is 22.4 Å². The minimum Gasteiger partial charge on any atom is -0.339 e. The monoisotopic (exact) mass is 293 g/mol. The van der Waals surface area contributed by atoms with E-state index >= 15 is 0 Å². The number of carbonyl (C=O) groups excluding carboxylic acids is 1. The van der Waals surface area contributed by atoms with Gasteiger partial charge in [-0.2, -0.15) is 0 Å². The van der Waals surface area contributed by atoms with Crippen LogP contribution in [-0.4, -0.2) is 61.0 Å². The molecule has 3 heterocycles. The van der Waals surface area contributed by atoms with Crippen LogP contribution in [0.15, 0.2) is 17.5 Å². The van der Waals surface area contributed by atoms with Gasteiger partial charge >= 0.3 is 0 Å². The molecule has 1 aromatic rings. The maximum Gasteiger partial charge on any atom is 0.222 e. The van der Waals surface area contributed by atoms with Crippen LogP contribution in [0.25, 0.3) is 0 Å². The van der Waals surface area contributed by atoms with Gasteiger partial charge in [0.05, 0.1) is 0 Å². The van der Waals surface area contributed by atoms with Crippen molar-refractivity contribution in [1.29, 1.82) is 0 Å². The van der Waals surface area contributed by atoms with Crippen molar-refractivity contribution in [1.82, 2.24) is 15.1 Å². The molecule has 5 heteroatoms. The first kappa shape index (κ1) is 14.0. The zero-order valence-corrected chi connectivity index (χ0v) is 12.7. The number of likely N-dealkylation sites (tertiary alicyclic amines) is 1. The van der Waals surface area contributed by atoms with E-state index in [2.05, 4.69) is 27.7 Å². The molecule has 0 aliphatic carbocycles. The SMILES string of the molecule is O=C(CCCc1cccs1)N1CC(N2CCNCC2)C1. The Labute approximate surface area is 124 Å². The van der Waals surface area contributed by atoms with Crippen LogP contribution in [0.5, 0.6) is 0 Å². The molecule has 2 aliphatic rings. The first-order chi connectivity index (χ1) is 9.83. The molecule has 2 saturated heterocycles. The zero-order valence-electron chi connectivity index (χ0n) is 11.9. The fraction of sp³-hybridized carbons (Fsp3) is 0.667. The van der Waals surface area contributed by atoms with Crippen LogP contribution in [0.2, 0.25) is 0 Å². The van der Waals surface area contributed by atoms with Gasteiger partial charge in [0, 0.05) is 56.6 Å². The van der Waals surface area contributed by atoms with E-state index in [1.54, 1.807) is 11.3 Å². The average Bonchev–Trinajstić information content (AvgIpc) is 2.91. The van der Waals surface area contributed by atoms with Gasteiger partial charge < -0.3 is 10.2 Å². The molecule has 0 saturated carbocycles. The summed E-state index contributed by atoms with van der Waals surface area (Å²) in [6.07, 6.45) is 2.72. The van der Waals surface area contributed by atoms with Gasteiger partial charge in [0.25, 0.3) is 0 Å². The molecule has 0 unspecified atom stereocenters. The van der Waals surface area contributed by atoms with Gasteiger partial charge in [-0.15, -0.1) is 11.3 Å². The maximum atomic E-state index is 12.1. The fourth-order valence-electron chi connectivity index (χ4n) is 2.96. The van der Waals surface area contributed by atoms with Gasteiger partial charge in [0.15, 0.2) is 0 Å². The first-order valence-electron chi connectivity index (χ1n) is 7.58. The lowest BCUT2D eigenvalue weighted by Gasteiger charge is -2.46. The van der Waals surface area contributed by atoms with Crippen molar-refractivity contribution < 1.29 is 4.79 Å². The van der Waals surface area contributed by atoms with Crippen molar-refractivity contribution in [3.8, 4) is 0 Å². The maximum absolute atomic E-state index is 12.1. The van der Waals surface area contributed by atoms with Gasteiger partial charge in [0.2, 0.25) is 5.91 Å². The Kier molecular flexibility index (Phi) is 4.70. The molecule has 0 spiro atoms. The highest BCUT2D eigenvalue weighted by molar-refractivity contribution is 7.09. The van der Waals surface area contributed by atoms with Gasteiger partial charge in [0.1, 0.15) is 0 Å². The molecule has 1 N–H and O–H groups in total. The second-order valence-electron chi connectivity index (χ2n) is 5.67. The molecule has 110 valence electrons. The van der Waals surface area contributed by atoms with E-state index in [1.807, 2.05) is 4.90 Å². The van der Waals surface area contributed by atoms with Gasteiger partial charge in [-0.05, 0) is 24.3 Å². The number of thiophene rings is 1. The summed E-state index contributed by atoms with van der Waals surface area (Å²) in [5, 5.41) is 5.47. The molecule has 20 heavy (non-hydrogen) atoms. The smallest absolute Gasteiger partial charge is 0.222 e. The molecule has 4 nitrogen and oxygen atoms in total. The molecule has 2 aliphatic heterocycles. The Balaban J connectivity index is 1.33. The van der Waals surface area contributed by atoms with E-state index in [0.717, 1.165) is 52.1 Å². The van der Waals surface area contributed by atoms with Crippen molar-refractivity contribution in [2.45, 2.75) is 25.3 Å². The predicted molar refractivity (Wildman–Crippen MR) is 82.1 cm³/mol. The van der Waals surface area contributed by atoms with Gasteiger partial charge in [-0.3, -0.25) is 9.69 Å². The number of amides is 1. The Morgan fingerprint density at radius 1 is 1.35 bits per heavy atom. The lowest BCUT2D eigenvalue weighted by molar-refractivity contribution is -0.138. The number of carbonyl (C=O) groups is 1. The Bertz CT molecular complexity index is 422. The normalized spacial score (nSPS) is 20.9. The number of rotatable bonds is 5. The van der Waals surface area contributed by atoms with Crippen LogP contribution in [0, 0.1) is 0 Å². The second-order valence-corrected chi connectivity index (χ2v) is 6.70. The highest BCUT2D eigenvalue weighted by Crippen LogP contribution is 2.18. The number of piperazine rings is 1. The molecule has 0 bridgehead atoms. The predicted octanol–water partition coefficient (Wildman–Crippen LogP) is 1.19. The molecular weight excluding hydrogens is 270 g/mol. The largest absolute Gasteiger partial charge is 0.339 e. The van der Waals surface area contributed by atoms with Crippen molar-refractivity contribution in [2.24, 2.45) is 0 Å². The Morgan fingerprint density at radius 3 is 2.85 bits per heavy atom. The highest BCUT2D eigenvalue weighted by Gasteiger charge is 2.34. The van der Waals surface area contributed by atoms with Crippen molar-refractivity contribution in [3.63, 3.8) is 0 Å². The summed E-state index contributed by atoms with van der Waals surface area (Å²) < 4.78 is 0. The number of aryl methyl sites for hydroxylation is 1. The summed E-state index contributed by atoms with van der Waals surface area (Å²) in [7, 11) is 0. The number of hydrogen-bond donors (Lipinski definition) is 1. The van der Waals surface area contributed by atoms with E-state index < -0.39 is 0 Å². The van der Waals surface area contributed by atoms with Crippen LogP contribution in [-0.2, 0) is 11.2 Å². The summed E-state index contributed by atoms with van der Waals surface area (Å²) in [6.45, 7) is 6.32. The quantitative estimate of drug-likeness (QED) is 0.886. The number of hydrogen-bond acceptors (Lipinski definition) is 4. The van der Waals surface area contributed by atoms with Gasteiger partial charge in [-0.25, -0.2) is 0 Å². The van der Waals surface area contributed by atoms with E-state index in [0.29, 0.717) is 18.4 Å². The Hall–Kier alpha value is -0.910. The van der Waals surface area contributed by atoms with Crippen molar-refractivity contribution in [2.75, 3.05) is 39.3 Å². The number of nitrogens with zero attached hydrogens (tertiary/aromatic N) is 2. The van der Waals surface area contributed by atoms with Crippen LogP contribution in [0.4, 0.5) is 0 Å². The van der Waals surface area contributed by atoms with E-state index in [-0.39, 0.29) is 0 Å². The Morgan fingerprint density at radius 2 is 2.15 bits per heavy atom. The molecule has 3 rings (SSSR count). The average molecular weight is 293 g/mol. The third-order valence-electron chi connectivity index (χ3n) is 4.28. The summed E-state index contributed by atoms with van der Waals surface area (Å²) in [4.78, 5) is 18.0. The molecule has 1 aromatic heterocycles. The molecular formula is C15H23N3OS. The first-order valence-corrected chi connectivity index (χ1v) is 8.46. The molecule has 2 fully saturated rings. The molecule has 1 amide bonds. The lowest BCUT2D eigenvalue weighted by Crippen LogP contribution is -2.63. The van der Waals surface area contributed by atoms with Gasteiger partial charge in [-0.1, -0.05) is 6.07 Å². The third kappa shape index (κ3) is 3.40. The second kappa shape index (κ2) is 6.70. The summed E-state index contributed by atoms with van der Waals surface area (Å²) in [6, 6.07) is 4.84. The molecule has 0 atom stereocenters. The minimum absolute atomic E-state index is 0.341. The van der Waals surface area contributed by atoms with E-state index in [9.17, 15) is 4.79 Å². The van der Waals surface area contributed by atoms with Crippen LogP contribution < -0.4 is 5.32 Å². The number of nitrogens with one attached hydrogen (secondary N) is 1. The highest BCUT2D eigenvalue weighted by atomic mass is 32.1. The zero-order chi connectivity index (χ0) is 13.8. The van der Waals surface area contributed by atoms with Crippen LogP contribution >= 0.6 is 11.3 Å². The fourth-order valence-corrected chi connectivity index (χ4v) is 3.72. The van der Waals surface area contributed by atoms with E-state index in [1.165, 1.54) is 4.88 Å². The molecule has 0 aromatic carbocycles. The standard InChI is InChI=1S/C15H23N3OS/c19-15(5-1-3-14-4-2-10-20-14)18-11-13(12-18)17-8-6-16-7-9-17/h2,4,10,13,16H,1,3,5-9,11-12H2. The third-order valence-corrected chi connectivity index (χ3v) is 5.21. The summed E-state index contributed by atoms with van der Waals surface area (Å²) >= 11 is 1.78. The van der Waals surface area contributed by atoms with Crippen molar-refractivity contribution >= 4 is 17.2 Å². The summed E-state index contributed by atoms with van der Waals surface area (Å²) in [5.41, 5.74) is 0. The van der Waals surface area contributed by atoms with Crippen LogP contribution in [0.1, 0.15) is 17.7 Å². The van der Waals surface area contributed by atoms with E-state index in [4.69, 9.17) is 0 Å².